The number of carbonyl (C=O) groups is 2. The van der Waals surface area contributed by atoms with Gasteiger partial charge in [0.25, 0.3) is 0 Å². The number of carboxylic acid groups (broad SMARTS) is 1. The number of nitrogens with zero attached hydrogens (tertiary/aromatic N) is 3. The highest BCUT2D eigenvalue weighted by atomic mass is 16.4. The number of nitrogens with one attached hydrogen (secondary N) is 1. The number of imidazole rings is 1. The average molecular weight is 328 g/mol. The second-order valence-electron chi connectivity index (χ2n) is 6.01. The Morgan fingerprint density at radius 1 is 1.12 bits per heavy atom. The van der Waals surface area contributed by atoms with Crippen LogP contribution < -0.4 is 0 Å². The molecule has 2 amide bonds. The lowest BCUT2D eigenvalue weighted by atomic mass is 9.78. The molecule has 1 aromatic heterocycles. The maximum Gasteiger partial charge on any atom is 0.407 e. The van der Waals surface area contributed by atoms with Crippen LogP contribution in [0.25, 0.3) is 0 Å². The van der Waals surface area contributed by atoms with E-state index in [0.29, 0.717) is 31.9 Å². The zero-order valence-electron chi connectivity index (χ0n) is 13.5. The molecule has 1 atom stereocenters. The van der Waals surface area contributed by atoms with Gasteiger partial charge in [-0.05, 0) is 12.5 Å². The maximum absolute atomic E-state index is 13.3. The van der Waals surface area contributed by atoms with E-state index >= 15 is 0 Å². The minimum atomic E-state index is -0.944. The smallest absolute Gasteiger partial charge is 0.407 e. The second-order valence-corrected chi connectivity index (χ2v) is 6.01. The van der Waals surface area contributed by atoms with Crippen LogP contribution in [0, 0.1) is 0 Å². The molecule has 0 bridgehead atoms. The number of piperazine rings is 1. The van der Waals surface area contributed by atoms with Gasteiger partial charge in [0.1, 0.15) is 5.41 Å². The minimum Gasteiger partial charge on any atom is -0.465 e. The Bertz CT molecular complexity index is 709. The molecule has 1 unspecified atom stereocenters. The molecule has 0 radical (unpaired) electrons. The van der Waals surface area contributed by atoms with Crippen molar-refractivity contribution in [1.29, 1.82) is 0 Å². The van der Waals surface area contributed by atoms with E-state index in [9.17, 15) is 9.59 Å². The SMILES string of the molecule is CC(C(=O)N1CCN(C(=O)O)CC1)(c1ccccc1)c1c[nH]cn1. The summed E-state index contributed by atoms with van der Waals surface area (Å²) in [6.45, 7) is 3.29. The zero-order chi connectivity index (χ0) is 17.2. The van der Waals surface area contributed by atoms with Crippen molar-refractivity contribution in [1.82, 2.24) is 19.8 Å². The predicted molar refractivity (Wildman–Crippen MR) is 87.7 cm³/mol. The summed E-state index contributed by atoms with van der Waals surface area (Å²) in [6.07, 6.45) is 2.35. The number of aromatic amines is 1. The van der Waals surface area contributed by atoms with Crippen molar-refractivity contribution in [2.45, 2.75) is 12.3 Å². The first kappa shape index (κ1) is 16.0. The van der Waals surface area contributed by atoms with Crippen molar-refractivity contribution in [2.24, 2.45) is 0 Å². The highest BCUT2D eigenvalue weighted by Gasteiger charge is 2.42. The number of rotatable bonds is 3. The summed E-state index contributed by atoms with van der Waals surface area (Å²) in [5, 5.41) is 9.06. The molecule has 126 valence electrons. The van der Waals surface area contributed by atoms with Crippen molar-refractivity contribution in [3.63, 3.8) is 0 Å². The zero-order valence-corrected chi connectivity index (χ0v) is 13.5. The molecule has 2 heterocycles. The van der Waals surface area contributed by atoms with Crippen LogP contribution in [-0.4, -0.2) is 63.1 Å². The van der Waals surface area contributed by atoms with Crippen molar-refractivity contribution in [3.8, 4) is 0 Å². The summed E-state index contributed by atoms with van der Waals surface area (Å²) in [6, 6.07) is 9.54. The molecule has 7 nitrogen and oxygen atoms in total. The third-order valence-corrected chi connectivity index (χ3v) is 4.63. The Morgan fingerprint density at radius 2 is 1.75 bits per heavy atom. The quantitative estimate of drug-likeness (QED) is 0.894. The normalized spacial score (nSPS) is 17.4. The highest BCUT2D eigenvalue weighted by Crippen LogP contribution is 2.33. The fourth-order valence-electron chi connectivity index (χ4n) is 3.10. The van der Waals surface area contributed by atoms with E-state index in [1.54, 1.807) is 17.4 Å². The van der Waals surface area contributed by atoms with Gasteiger partial charge < -0.3 is 19.9 Å². The number of hydrogen-bond donors (Lipinski definition) is 2. The van der Waals surface area contributed by atoms with Gasteiger partial charge in [-0.2, -0.15) is 0 Å². The predicted octanol–water partition coefficient (Wildman–Crippen LogP) is 1.54. The number of carbonyl (C=O) groups excluding carboxylic acids is 1. The molecule has 1 aliphatic rings. The number of H-pyrrole nitrogens is 1. The largest absolute Gasteiger partial charge is 0.465 e. The van der Waals surface area contributed by atoms with Gasteiger partial charge in [0.2, 0.25) is 5.91 Å². The summed E-state index contributed by atoms with van der Waals surface area (Å²) in [7, 11) is 0. The Hall–Kier alpha value is -2.83. The number of benzene rings is 1. The summed E-state index contributed by atoms with van der Waals surface area (Å²) in [5.41, 5.74) is 0.606. The molecule has 7 heteroatoms. The minimum absolute atomic E-state index is 0.0640. The van der Waals surface area contributed by atoms with Crippen LogP contribution in [-0.2, 0) is 10.2 Å². The molecule has 1 saturated heterocycles. The topological polar surface area (TPSA) is 89.5 Å². The van der Waals surface area contributed by atoms with E-state index in [0.717, 1.165) is 5.56 Å². The van der Waals surface area contributed by atoms with Gasteiger partial charge in [-0.25, -0.2) is 9.78 Å². The van der Waals surface area contributed by atoms with Crippen LogP contribution in [0.1, 0.15) is 18.2 Å². The molecule has 1 aromatic carbocycles. The van der Waals surface area contributed by atoms with Gasteiger partial charge in [-0.1, -0.05) is 30.3 Å². The van der Waals surface area contributed by atoms with Gasteiger partial charge in [0.05, 0.1) is 12.0 Å². The van der Waals surface area contributed by atoms with Crippen molar-refractivity contribution in [3.05, 3.63) is 54.1 Å². The van der Waals surface area contributed by atoms with Gasteiger partial charge in [0, 0.05) is 32.4 Å². The van der Waals surface area contributed by atoms with E-state index in [1.165, 1.54) is 4.90 Å². The summed E-state index contributed by atoms with van der Waals surface area (Å²) in [5.74, 6) is -0.0640. The lowest BCUT2D eigenvalue weighted by molar-refractivity contribution is -0.137. The Morgan fingerprint density at radius 3 is 2.29 bits per heavy atom. The lowest BCUT2D eigenvalue weighted by Crippen LogP contribution is -2.55. The second kappa shape index (κ2) is 6.35. The molecular formula is C17H20N4O3. The molecular weight excluding hydrogens is 308 g/mol. The molecule has 24 heavy (non-hydrogen) atoms. The third kappa shape index (κ3) is 2.73. The highest BCUT2D eigenvalue weighted by molar-refractivity contribution is 5.91. The summed E-state index contributed by atoms with van der Waals surface area (Å²) >= 11 is 0. The molecule has 1 fully saturated rings. The van der Waals surface area contributed by atoms with E-state index < -0.39 is 11.5 Å². The maximum atomic E-state index is 13.3. The fraction of sp³-hybridized carbons (Fsp3) is 0.353. The Labute approximate surface area is 139 Å². The number of amides is 2. The molecule has 0 spiro atoms. The fourth-order valence-corrected chi connectivity index (χ4v) is 3.10. The van der Waals surface area contributed by atoms with E-state index in [2.05, 4.69) is 9.97 Å². The van der Waals surface area contributed by atoms with Gasteiger partial charge in [-0.3, -0.25) is 4.79 Å². The van der Waals surface area contributed by atoms with Crippen LogP contribution in [0.2, 0.25) is 0 Å². The first-order valence-electron chi connectivity index (χ1n) is 7.85. The molecule has 2 aromatic rings. The lowest BCUT2D eigenvalue weighted by Gasteiger charge is -2.38. The summed E-state index contributed by atoms with van der Waals surface area (Å²) in [4.78, 5) is 34.6. The monoisotopic (exact) mass is 328 g/mol. The van der Waals surface area contributed by atoms with Crippen LogP contribution in [0.3, 0.4) is 0 Å². The van der Waals surface area contributed by atoms with E-state index in [1.807, 2.05) is 37.3 Å². The molecule has 1 aliphatic heterocycles. The molecule has 0 saturated carbocycles. The molecule has 0 aliphatic carbocycles. The van der Waals surface area contributed by atoms with Crippen molar-refractivity contribution < 1.29 is 14.7 Å². The van der Waals surface area contributed by atoms with Crippen molar-refractivity contribution >= 4 is 12.0 Å². The van der Waals surface area contributed by atoms with E-state index in [4.69, 9.17) is 5.11 Å². The van der Waals surface area contributed by atoms with Crippen LogP contribution in [0.4, 0.5) is 4.79 Å². The Kier molecular flexibility index (Phi) is 4.24. The van der Waals surface area contributed by atoms with Gasteiger partial charge in [-0.15, -0.1) is 0 Å². The van der Waals surface area contributed by atoms with Crippen molar-refractivity contribution in [2.75, 3.05) is 26.2 Å². The number of aromatic nitrogens is 2. The van der Waals surface area contributed by atoms with Crippen LogP contribution in [0.5, 0.6) is 0 Å². The van der Waals surface area contributed by atoms with Crippen LogP contribution in [0.15, 0.2) is 42.9 Å². The van der Waals surface area contributed by atoms with Gasteiger partial charge >= 0.3 is 6.09 Å². The van der Waals surface area contributed by atoms with Crippen LogP contribution >= 0.6 is 0 Å². The number of hydrogen-bond acceptors (Lipinski definition) is 3. The first-order chi connectivity index (χ1) is 11.5. The van der Waals surface area contributed by atoms with Gasteiger partial charge in [0.15, 0.2) is 0 Å². The first-order valence-corrected chi connectivity index (χ1v) is 7.85. The molecule has 3 rings (SSSR count). The summed E-state index contributed by atoms with van der Waals surface area (Å²) < 4.78 is 0. The van der Waals surface area contributed by atoms with E-state index in [-0.39, 0.29) is 5.91 Å². The third-order valence-electron chi connectivity index (χ3n) is 4.63. The molecule has 2 N–H and O–H groups in total. The average Bonchev–Trinajstić information content (AvgIpc) is 3.16. The standard InChI is InChI=1S/C17H20N4O3/c1-17(14-11-18-12-19-14,13-5-3-2-4-6-13)15(22)20-7-9-21(10-8-20)16(23)24/h2-6,11-12H,7-10H2,1H3,(H,18,19)(H,23,24). The Balaban J connectivity index is 1.90.